The first kappa shape index (κ1) is 19.7. The second-order valence-corrected chi connectivity index (χ2v) is 5.53. The SMILES string of the molecule is CCOC(=O)CNC(=O)N(Cc1ccc(N)cc1)c1cn(CC(N)=O)nn1. The number of hydrogen-bond acceptors (Lipinski definition) is 7. The number of amides is 3. The van der Waals surface area contributed by atoms with Crippen LogP contribution in [0, 0.1) is 0 Å². The highest BCUT2D eigenvalue weighted by Gasteiger charge is 2.20. The fourth-order valence-corrected chi connectivity index (χ4v) is 2.17. The molecule has 11 heteroatoms. The van der Waals surface area contributed by atoms with Gasteiger partial charge in [0.25, 0.3) is 0 Å². The summed E-state index contributed by atoms with van der Waals surface area (Å²) in [5, 5.41) is 10.1. The number of esters is 1. The van der Waals surface area contributed by atoms with E-state index in [9.17, 15) is 14.4 Å². The Morgan fingerprint density at radius 1 is 1.26 bits per heavy atom. The summed E-state index contributed by atoms with van der Waals surface area (Å²) in [5.74, 6) is -0.964. The van der Waals surface area contributed by atoms with Crippen LogP contribution < -0.4 is 21.7 Å². The zero-order chi connectivity index (χ0) is 19.8. The lowest BCUT2D eigenvalue weighted by Crippen LogP contribution is -2.42. The van der Waals surface area contributed by atoms with Gasteiger partial charge in [0, 0.05) is 5.69 Å². The third-order valence-corrected chi connectivity index (χ3v) is 3.38. The number of nitrogen functional groups attached to an aromatic ring is 1. The van der Waals surface area contributed by atoms with E-state index < -0.39 is 17.9 Å². The Morgan fingerprint density at radius 2 is 1.96 bits per heavy atom. The van der Waals surface area contributed by atoms with E-state index in [1.807, 2.05) is 0 Å². The van der Waals surface area contributed by atoms with Crippen LogP contribution >= 0.6 is 0 Å². The Labute approximate surface area is 155 Å². The number of nitrogens with two attached hydrogens (primary N) is 2. The number of carbonyl (C=O) groups excluding carboxylic acids is 3. The quantitative estimate of drug-likeness (QED) is 0.419. The fraction of sp³-hybridized carbons (Fsp3) is 0.312. The number of aromatic nitrogens is 3. The van der Waals surface area contributed by atoms with Gasteiger partial charge in [0.05, 0.1) is 19.3 Å². The van der Waals surface area contributed by atoms with Crippen LogP contribution in [-0.4, -0.2) is 46.1 Å². The number of ether oxygens (including phenoxy) is 1. The van der Waals surface area contributed by atoms with E-state index in [1.54, 1.807) is 31.2 Å². The molecule has 0 unspecified atom stereocenters. The maximum absolute atomic E-state index is 12.6. The molecule has 0 radical (unpaired) electrons. The molecule has 0 bridgehead atoms. The van der Waals surface area contributed by atoms with Crippen molar-refractivity contribution >= 4 is 29.4 Å². The monoisotopic (exact) mass is 375 g/mol. The van der Waals surface area contributed by atoms with Crippen LogP contribution in [0.4, 0.5) is 16.3 Å². The van der Waals surface area contributed by atoms with E-state index >= 15 is 0 Å². The predicted molar refractivity (Wildman–Crippen MR) is 96.3 cm³/mol. The summed E-state index contributed by atoms with van der Waals surface area (Å²) in [6.45, 7) is 1.56. The highest BCUT2D eigenvalue weighted by atomic mass is 16.5. The standard InChI is InChI=1S/C16H21N7O4/c1-2-27-15(25)7-19-16(26)23(8-11-3-5-12(17)6-4-11)14-10-22(21-20-14)9-13(18)24/h3-6,10H,2,7-9,17H2,1H3,(H2,18,24)(H,19,26). The predicted octanol–water partition coefficient (Wildman–Crippen LogP) is -0.375. The molecule has 144 valence electrons. The van der Waals surface area contributed by atoms with Crippen molar-refractivity contribution in [2.24, 2.45) is 5.73 Å². The molecule has 1 aromatic heterocycles. The van der Waals surface area contributed by atoms with Gasteiger partial charge in [-0.3, -0.25) is 14.5 Å². The van der Waals surface area contributed by atoms with Gasteiger partial charge in [-0.1, -0.05) is 17.3 Å². The number of benzene rings is 1. The summed E-state index contributed by atoms with van der Waals surface area (Å²) >= 11 is 0. The first-order valence-electron chi connectivity index (χ1n) is 8.13. The molecule has 3 amide bonds. The van der Waals surface area contributed by atoms with Gasteiger partial charge in [0.1, 0.15) is 13.1 Å². The fourth-order valence-electron chi connectivity index (χ4n) is 2.17. The Hall–Kier alpha value is -3.63. The zero-order valence-corrected chi connectivity index (χ0v) is 14.8. The summed E-state index contributed by atoms with van der Waals surface area (Å²) in [4.78, 5) is 36.3. The lowest BCUT2D eigenvalue weighted by molar-refractivity contribution is -0.141. The maximum atomic E-state index is 12.6. The molecule has 0 saturated carbocycles. The third-order valence-electron chi connectivity index (χ3n) is 3.38. The molecule has 0 saturated heterocycles. The van der Waals surface area contributed by atoms with Crippen molar-refractivity contribution in [2.45, 2.75) is 20.0 Å². The number of rotatable bonds is 8. The first-order valence-corrected chi connectivity index (χ1v) is 8.13. The molecular weight excluding hydrogens is 354 g/mol. The molecule has 1 heterocycles. The van der Waals surface area contributed by atoms with E-state index in [4.69, 9.17) is 16.2 Å². The van der Waals surface area contributed by atoms with Gasteiger partial charge in [-0.25, -0.2) is 9.48 Å². The first-order chi connectivity index (χ1) is 12.9. The Balaban J connectivity index is 2.17. The molecule has 1 aromatic carbocycles. The molecule has 27 heavy (non-hydrogen) atoms. The van der Waals surface area contributed by atoms with Crippen molar-refractivity contribution < 1.29 is 19.1 Å². The van der Waals surface area contributed by atoms with Crippen molar-refractivity contribution in [3.63, 3.8) is 0 Å². The average molecular weight is 375 g/mol. The number of carbonyl (C=O) groups is 3. The van der Waals surface area contributed by atoms with Crippen LogP contribution in [0.15, 0.2) is 30.5 Å². The lowest BCUT2D eigenvalue weighted by atomic mass is 10.2. The molecule has 0 aliphatic heterocycles. The van der Waals surface area contributed by atoms with Crippen molar-refractivity contribution in [1.29, 1.82) is 0 Å². The minimum absolute atomic E-state index is 0.143. The normalized spacial score (nSPS) is 10.3. The van der Waals surface area contributed by atoms with E-state index in [0.717, 1.165) is 5.56 Å². The largest absolute Gasteiger partial charge is 0.465 e. The average Bonchev–Trinajstić information content (AvgIpc) is 3.06. The molecule has 11 nitrogen and oxygen atoms in total. The molecule has 0 aliphatic rings. The van der Waals surface area contributed by atoms with Crippen LogP contribution in [0.1, 0.15) is 12.5 Å². The van der Waals surface area contributed by atoms with Gasteiger partial charge in [0.2, 0.25) is 5.91 Å². The van der Waals surface area contributed by atoms with Crippen LogP contribution in [0.25, 0.3) is 0 Å². The molecule has 2 rings (SSSR count). The zero-order valence-electron chi connectivity index (χ0n) is 14.8. The summed E-state index contributed by atoms with van der Waals surface area (Å²) < 4.78 is 6.00. The van der Waals surface area contributed by atoms with E-state index in [-0.39, 0.29) is 32.1 Å². The van der Waals surface area contributed by atoms with Crippen molar-refractivity contribution in [2.75, 3.05) is 23.8 Å². The van der Waals surface area contributed by atoms with Gasteiger partial charge in [-0.05, 0) is 24.6 Å². The minimum Gasteiger partial charge on any atom is -0.465 e. The molecule has 0 spiro atoms. The Morgan fingerprint density at radius 3 is 2.59 bits per heavy atom. The Bertz CT molecular complexity index is 803. The highest BCUT2D eigenvalue weighted by molar-refractivity contribution is 5.92. The van der Waals surface area contributed by atoms with E-state index in [0.29, 0.717) is 5.69 Å². The van der Waals surface area contributed by atoms with Crippen LogP contribution in [0.2, 0.25) is 0 Å². The number of hydrogen-bond donors (Lipinski definition) is 3. The summed E-state index contributed by atoms with van der Waals surface area (Å²) in [5.41, 5.74) is 12.2. The number of nitrogens with one attached hydrogen (secondary N) is 1. The summed E-state index contributed by atoms with van der Waals surface area (Å²) in [7, 11) is 0. The smallest absolute Gasteiger partial charge is 0.325 e. The molecule has 5 N–H and O–H groups in total. The lowest BCUT2D eigenvalue weighted by Gasteiger charge is -2.20. The van der Waals surface area contributed by atoms with Gasteiger partial charge in [0.15, 0.2) is 5.82 Å². The highest BCUT2D eigenvalue weighted by Crippen LogP contribution is 2.15. The molecular formula is C16H21N7O4. The maximum Gasteiger partial charge on any atom is 0.325 e. The molecule has 0 atom stereocenters. The minimum atomic E-state index is -0.594. The van der Waals surface area contributed by atoms with Crippen LogP contribution in [0.3, 0.4) is 0 Å². The number of urea groups is 1. The summed E-state index contributed by atoms with van der Waals surface area (Å²) in [6, 6.07) is 6.34. The van der Waals surface area contributed by atoms with Crippen LogP contribution in [-0.2, 0) is 27.4 Å². The van der Waals surface area contributed by atoms with Gasteiger partial charge >= 0.3 is 12.0 Å². The van der Waals surface area contributed by atoms with Crippen molar-refractivity contribution in [3.8, 4) is 0 Å². The van der Waals surface area contributed by atoms with Crippen LogP contribution in [0.5, 0.6) is 0 Å². The van der Waals surface area contributed by atoms with E-state index in [2.05, 4.69) is 15.6 Å². The number of primary amides is 1. The van der Waals surface area contributed by atoms with Crippen molar-refractivity contribution in [3.05, 3.63) is 36.0 Å². The second-order valence-electron chi connectivity index (χ2n) is 5.53. The summed E-state index contributed by atoms with van der Waals surface area (Å²) in [6.07, 6.45) is 1.41. The van der Waals surface area contributed by atoms with Crippen molar-refractivity contribution in [1.82, 2.24) is 20.3 Å². The second kappa shape index (κ2) is 9.17. The van der Waals surface area contributed by atoms with Gasteiger partial charge in [-0.2, -0.15) is 0 Å². The Kier molecular flexibility index (Phi) is 6.69. The van der Waals surface area contributed by atoms with Gasteiger partial charge < -0.3 is 21.5 Å². The van der Waals surface area contributed by atoms with Gasteiger partial charge in [-0.15, -0.1) is 5.10 Å². The van der Waals surface area contributed by atoms with E-state index in [1.165, 1.54) is 15.8 Å². The number of anilines is 2. The third kappa shape index (κ3) is 5.99. The topological polar surface area (TPSA) is 158 Å². The number of nitrogens with zero attached hydrogens (tertiary/aromatic N) is 4. The molecule has 0 aliphatic carbocycles. The molecule has 2 aromatic rings. The molecule has 0 fully saturated rings.